The van der Waals surface area contributed by atoms with E-state index in [2.05, 4.69) is 5.32 Å². The van der Waals surface area contributed by atoms with Crippen LogP contribution in [0.4, 0.5) is 29.3 Å². The molecule has 3 aromatic rings. The van der Waals surface area contributed by atoms with Gasteiger partial charge in [-0.1, -0.05) is 30.3 Å². The molecule has 0 aromatic heterocycles. The van der Waals surface area contributed by atoms with Gasteiger partial charge in [0.1, 0.15) is 5.54 Å². The van der Waals surface area contributed by atoms with Crippen LogP contribution in [0.5, 0.6) is 0 Å². The molecule has 0 saturated carbocycles. The normalized spacial score (nSPS) is 15.6. The molecule has 1 saturated heterocycles. The van der Waals surface area contributed by atoms with Gasteiger partial charge in [-0.15, -0.1) is 0 Å². The summed E-state index contributed by atoms with van der Waals surface area (Å²) in [5.41, 5.74) is -2.41. The number of carbonyl (C=O) groups excluding carboxylic acids is 2. The number of carbonyl (C=O) groups is 2. The van der Waals surface area contributed by atoms with Crippen LogP contribution in [0.25, 0.3) is 10.8 Å². The monoisotopic (exact) mass is 466 g/mol. The first-order valence-corrected chi connectivity index (χ1v) is 10.5. The zero-order valence-electron chi connectivity index (χ0n) is 18.5. The predicted molar refractivity (Wildman–Crippen MR) is 122 cm³/mol. The summed E-state index contributed by atoms with van der Waals surface area (Å²) in [5, 5.41) is 14.4. The molecule has 0 radical (unpaired) electrons. The second-order valence-electron chi connectivity index (χ2n) is 8.46. The summed E-state index contributed by atoms with van der Waals surface area (Å²) in [7, 11) is 0. The van der Waals surface area contributed by atoms with Crippen molar-refractivity contribution in [3.8, 4) is 6.07 Å². The maximum atomic E-state index is 13.4. The van der Waals surface area contributed by atoms with E-state index in [1.54, 1.807) is 13.8 Å². The number of halogens is 3. The number of hydrogen-bond donors (Lipinski definition) is 1. The van der Waals surface area contributed by atoms with E-state index in [0.717, 1.165) is 27.4 Å². The van der Waals surface area contributed by atoms with Crippen LogP contribution in [0.2, 0.25) is 0 Å². The molecule has 174 valence electrons. The van der Waals surface area contributed by atoms with Gasteiger partial charge in [0.05, 0.1) is 22.9 Å². The SMILES string of the molecule is CC1(C)C(=O)N(c2ccc(C#N)c(C(F)(F)F)c2)C(=O)N1CCNc1ccc2ccccc2c1. The molecule has 0 bridgehead atoms. The fraction of sp³-hybridized carbons (Fsp3) is 0.240. The van der Waals surface area contributed by atoms with Crippen molar-refractivity contribution in [1.29, 1.82) is 5.26 Å². The maximum Gasteiger partial charge on any atom is 0.417 e. The lowest BCUT2D eigenvalue weighted by Gasteiger charge is -2.27. The third-order valence-corrected chi connectivity index (χ3v) is 5.92. The Bertz CT molecular complexity index is 1330. The molecule has 1 fully saturated rings. The molecular formula is C25H21F3N4O2. The van der Waals surface area contributed by atoms with E-state index >= 15 is 0 Å². The minimum Gasteiger partial charge on any atom is -0.383 e. The lowest BCUT2D eigenvalue weighted by Crippen LogP contribution is -2.46. The first kappa shape index (κ1) is 23.1. The van der Waals surface area contributed by atoms with Gasteiger partial charge in [-0.25, -0.2) is 9.69 Å². The fourth-order valence-corrected chi connectivity index (χ4v) is 4.05. The summed E-state index contributed by atoms with van der Waals surface area (Å²) in [6.07, 6.45) is -4.80. The summed E-state index contributed by atoms with van der Waals surface area (Å²) in [4.78, 5) is 28.2. The van der Waals surface area contributed by atoms with Crippen molar-refractivity contribution in [2.24, 2.45) is 0 Å². The lowest BCUT2D eigenvalue weighted by atomic mass is 10.0. The van der Waals surface area contributed by atoms with Crippen LogP contribution in [0.3, 0.4) is 0 Å². The molecule has 6 nitrogen and oxygen atoms in total. The third-order valence-electron chi connectivity index (χ3n) is 5.92. The number of anilines is 2. The predicted octanol–water partition coefficient (Wildman–Crippen LogP) is 5.39. The van der Waals surface area contributed by atoms with Crippen LogP contribution in [0.1, 0.15) is 25.0 Å². The number of imide groups is 1. The van der Waals surface area contributed by atoms with Crippen molar-refractivity contribution in [3.63, 3.8) is 0 Å². The van der Waals surface area contributed by atoms with Crippen LogP contribution in [-0.2, 0) is 11.0 Å². The minimum atomic E-state index is -4.80. The number of nitrogens with one attached hydrogen (secondary N) is 1. The highest BCUT2D eigenvalue weighted by Crippen LogP contribution is 2.37. The fourth-order valence-electron chi connectivity index (χ4n) is 4.05. The van der Waals surface area contributed by atoms with Crippen molar-refractivity contribution < 1.29 is 22.8 Å². The Morgan fingerprint density at radius 2 is 1.71 bits per heavy atom. The van der Waals surface area contributed by atoms with Gasteiger partial charge in [-0.05, 0) is 55.0 Å². The molecule has 1 heterocycles. The number of hydrogen-bond acceptors (Lipinski definition) is 4. The summed E-state index contributed by atoms with van der Waals surface area (Å²) < 4.78 is 40.2. The van der Waals surface area contributed by atoms with Gasteiger partial charge in [-0.3, -0.25) is 4.79 Å². The molecule has 4 rings (SSSR count). The van der Waals surface area contributed by atoms with E-state index in [-0.39, 0.29) is 12.2 Å². The standard InChI is InChI=1S/C25H21F3N4O2/c1-24(2)22(33)32(20-10-8-18(15-29)21(14-20)25(26,27)28)23(34)31(24)12-11-30-19-9-7-16-5-3-4-6-17(16)13-19/h3-10,13-14,30H,11-12H2,1-2H3. The molecule has 1 aliphatic heterocycles. The third kappa shape index (κ3) is 4.03. The highest BCUT2D eigenvalue weighted by molar-refractivity contribution is 6.23. The zero-order valence-corrected chi connectivity index (χ0v) is 18.5. The molecule has 0 atom stereocenters. The van der Waals surface area contributed by atoms with Gasteiger partial charge in [-0.2, -0.15) is 18.4 Å². The zero-order chi connectivity index (χ0) is 24.7. The van der Waals surface area contributed by atoms with Gasteiger partial charge in [0.15, 0.2) is 0 Å². The number of amides is 3. The van der Waals surface area contributed by atoms with Gasteiger partial charge in [0, 0.05) is 18.8 Å². The van der Waals surface area contributed by atoms with E-state index in [1.165, 1.54) is 17.0 Å². The van der Waals surface area contributed by atoms with E-state index in [9.17, 15) is 22.8 Å². The maximum absolute atomic E-state index is 13.4. The minimum absolute atomic E-state index is 0.156. The number of nitriles is 1. The topological polar surface area (TPSA) is 76.4 Å². The highest BCUT2D eigenvalue weighted by atomic mass is 19.4. The molecule has 3 aromatic carbocycles. The van der Waals surface area contributed by atoms with Crippen molar-refractivity contribution in [2.75, 3.05) is 23.3 Å². The summed E-state index contributed by atoms with van der Waals surface area (Å²) in [5.74, 6) is -0.638. The Balaban J connectivity index is 1.54. The quantitative estimate of drug-likeness (QED) is 0.512. The molecule has 0 spiro atoms. The van der Waals surface area contributed by atoms with Crippen molar-refractivity contribution >= 4 is 34.1 Å². The van der Waals surface area contributed by atoms with Gasteiger partial charge in [0.25, 0.3) is 5.91 Å². The van der Waals surface area contributed by atoms with Crippen molar-refractivity contribution in [3.05, 3.63) is 71.8 Å². The molecule has 3 amide bonds. The number of rotatable bonds is 5. The van der Waals surface area contributed by atoms with Crippen LogP contribution in [-0.4, -0.2) is 35.5 Å². The van der Waals surface area contributed by atoms with Crippen LogP contribution in [0, 0.1) is 11.3 Å². The molecule has 1 N–H and O–H groups in total. The average Bonchev–Trinajstić information content (AvgIpc) is 2.97. The van der Waals surface area contributed by atoms with E-state index in [1.807, 2.05) is 42.5 Å². The first-order chi connectivity index (χ1) is 16.0. The molecule has 9 heteroatoms. The summed E-state index contributed by atoms with van der Waals surface area (Å²) in [6.45, 7) is 3.59. The second-order valence-corrected chi connectivity index (χ2v) is 8.46. The largest absolute Gasteiger partial charge is 0.417 e. The first-order valence-electron chi connectivity index (χ1n) is 10.5. The number of fused-ring (bicyclic) bond motifs is 1. The molecular weight excluding hydrogens is 445 g/mol. The van der Waals surface area contributed by atoms with Crippen LogP contribution in [0.15, 0.2) is 60.7 Å². The Hall–Kier alpha value is -4.06. The van der Waals surface area contributed by atoms with E-state index in [4.69, 9.17) is 5.26 Å². The number of alkyl halides is 3. The number of urea groups is 1. The molecule has 0 unspecified atom stereocenters. The Morgan fingerprint density at radius 3 is 2.38 bits per heavy atom. The smallest absolute Gasteiger partial charge is 0.383 e. The van der Waals surface area contributed by atoms with Crippen molar-refractivity contribution in [1.82, 2.24) is 4.90 Å². The van der Waals surface area contributed by atoms with Crippen LogP contribution < -0.4 is 10.2 Å². The van der Waals surface area contributed by atoms with Gasteiger partial charge in [0.2, 0.25) is 0 Å². The Morgan fingerprint density at radius 1 is 1.00 bits per heavy atom. The molecule has 1 aliphatic rings. The van der Waals surface area contributed by atoms with Crippen LogP contribution >= 0.6 is 0 Å². The van der Waals surface area contributed by atoms with E-state index in [0.29, 0.717) is 12.6 Å². The highest BCUT2D eigenvalue weighted by Gasteiger charge is 2.52. The van der Waals surface area contributed by atoms with E-state index < -0.39 is 34.8 Å². The summed E-state index contributed by atoms with van der Waals surface area (Å²) >= 11 is 0. The molecule has 0 aliphatic carbocycles. The Kier molecular flexibility index (Phi) is 5.69. The van der Waals surface area contributed by atoms with Gasteiger partial charge >= 0.3 is 12.2 Å². The average molecular weight is 466 g/mol. The molecule has 34 heavy (non-hydrogen) atoms. The lowest BCUT2D eigenvalue weighted by molar-refractivity contribution is -0.137. The van der Waals surface area contributed by atoms with Crippen molar-refractivity contribution in [2.45, 2.75) is 25.6 Å². The number of nitrogens with zero attached hydrogens (tertiary/aromatic N) is 3. The summed E-state index contributed by atoms with van der Waals surface area (Å²) in [6, 6.07) is 17.3. The second kappa shape index (κ2) is 8.37. The van der Waals surface area contributed by atoms with Gasteiger partial charge < -0.3 is 10.2 Å². The number of benzene rings is 3. The Labute approximate surface area is 194 Å².